The van der Waals surface area contributed by atoms with Crippen LogP contribution in [0.4, 0.5) is 0 Å². The number of rotatable bonds is 13. The molecule has 0 saturated heterocycles. The van der Waals surface area contributed by atoms with Gasteiger partial charge in [0.25, 0.3) is 5.91 Å². The van der Waals surface area contributed by atoms with Gasteiger partial charge in [0.1, 0.15) is 11.9 Å². The number of methoxy groups -OCH3 is 3. The Balaban J connectivity index is 1.79. The third-order valence-electron chi connectivity index (χ3n) is 5.96. The molecule has 1 heterocycles. The minimum atomic E-state index is -1.16. The number of ether oxygens (including phenoxy) is 5. The van der Waals surface area contributed by atoms with Gasteiger partial charge in [-0.05, 0) is 48.9 Å². The van der Waals surface area contributed by atoms with Gasteiger partial charge in [0.05, 0.1) is 27.9 Å². The van der Waals surface area contributed by atoms with Crippen molar-refractivity contribution in [3.8, 4) is 23.0 Å². The number of amides is 1. The molecule has 0 aliphatic carbocycles. The van der Waals surface area contributed by atoms with Gasteiger partial charge in [-0.1, -0.05) is 6.08 Å². The van der Waals surface area contributed by atoms with E-state index in [1.54, 1.807) is 44.6 Å². The number of hydrogen-bond donors (Lipinski definition) is 2. The van der Waals surface area contributed by atoms with Gasteiger partial charge >= 0.3 is 0 Å². The molecule has 2 atom stereocenters. The summed E-state index contributed by atoms with van der Waals surface area (Å²) in [5.74, 6) is 2.28. The maximum atomic E-state index is 13.5. The molecule has 0 spiro atoms. The molecule has 2 aromatic rings. The highest BCUT2D eigenvalue weighted by molar-refractivity contribution is 6.00. The molecule has 3 rings (SSSR count). The standard InChI is InChI=1S/C27H34N2O7/c1-6-12-27(26(31)28-17-19-15-22(32-3)24(34-5)23(16-19)33-4)18(2)36-25(29-27)20-8-10-21(11-9-20)35-14-7-13-30/h6,8-11,15-16,18,30H,1,7,12-14,17H2,2-5H3,(H,28,31)/t18-,27-/m1/s1. The lowest BCUT2D eigenvalue weighted by atomic mass is 9.89. The largest absolute Gasteiger partial charge is 0.494 e. The molecule has 1 aliphatic rings. The van der Waals surface area contributed by atoms with Crippen LogP contribution in [0.25, 0.3) is 0 Å². The average Bonchev–Trinajstić information content (AvgIpc) is 3.24. The zero-order valence-electron chi connectivity index (χ0n) is 21.2. The van der Waals surface area contributed by atoms with Gasteiger partial charge in [-0.25, -0.2) is 4.99 Å². The van der Waals surface area contributed by atoms with Crippen LogP contribution < -0.4 is 24.3 Å². The minimum Gasteiger partial charge on any atom is -0.494 e. The fourth-order valence-electron chi connectivity index (χ4n) is 3.98. The molecule has 0 saturated carbocycles. The fraction of sp³-hybridized carbons (Fsp3) is 0.407. The van der Waals surface area contributed by atoms with Crippen molar-refractivity contribution in [2.24, 2.45) is 4.99 Å². The molecule has 2 aromatic carbocycles. The summed E-state index contributed by atoms with van der Waals surface area (Å²) in [6.07, 6.45) is 2.03. The van der Waals surface area contributed by atoms with E-state index in [1.165, 1.54) is 7.11 Å². The molecule has 0 aromatic heterocycles. The molecule has 9 heteroatoms. The maximum Gasteiger partial charge on any atom is 0.252 e. The lowest BCUT2D eigenvalue weighted by molar-refractivity contribution is -0.128. The molecule has 1 amide bonds. The lowest BCUT2D eigenvalue weighted by Gasteiger charge is -2.27. The first kappa shape index (κ1) is 26.9. The molecule has 194 valence electrons. The molecule has 0 fully saturated rings. The highest BCUT2D eigenvalue weighted by Gasteiger charge is 2.49. The van der Waals surface area contributed by atoms with Crippen molar-refractivity contribution >= 4 is 11.8 Å². The van der Waals surface area contributed by atoms with Crippen molar-refractivity contribution in [1.82, 2.24) is 5.32 Å². The van der Waals surface area contributed by atoms with Gasteiger partial charge in [0.2, 0.25) is 11.6 Å². The number of hydrogen-bond acceptors (Lipinski definition) is 8. The smallest absolute Gasteiger partial charge is 0.252 e. The molecule has 0 bridgehead atoms. The zero-order chi connectivity index (χ0) is 26.1. The van der Waals surface area contributed by atoms with E-state index in [1.807, 2.05) is 19.1 Å². The third kappa shape index (κ3) is 5.73. The third-order valence-corrected chi connectivity index (χ3v) is 5.96. The Morgan fingerprint density at radius 3 is 2.39 bits per heavy atom. The van der Waals surface area contributed by atoms with Crippen molar-refractivity contribution < 1.29 is 33.6 Å². The Morgan fingerprint density at radius 2 is 1.83 bits per heavy atom. The summed E-state index contributed by atoms with van der Waals surface area (Å²) in [5.41, 5.74) is 0.354. The van der Waals surface area contributed by atoms with Gasteiger partial charge < -0.3 is 34.1 Å². The summed E-state index contributed by atoms with van der Waals surface area (Å²) in [6, 6.07) is 10.8. The first-order valence-electron chi connectivity index (χ1n) is 11.7. The van der Waals surface area contributed by atoms with Crippen molar-refractivity contribution in [2.75, 3.05) is 34.5 Å². The van der Waals surface area contributed by atoms with Crippen LogP contribution in [-0.4, -0.2) is 63.1 Å². The van der Waals surface area contributed by atoms with E-state index in [0.29, 0.717) is 48.3 Å². The predicted molar refractivity (Wildman–Crippen MR) is 136 cm³/mol. The Labute approximate surface area is 211 Å². The van der Waals surface area contributed by atoms with Crippen molar-refractivity contribution in [1.29, 1.82) is 0 Å². The number of benzene rings is 2. The second kappa shape index (κ2) is 12.3. The van der Waals surface area contributed by atoms with Crippen LogP contribution in [0.5, 0.6) is 23.0 Å². The van der Waals surface area contributed by atoms with Gasteiger partial charge in [-0.3, -0.25) is 4.79 Å². The minimum absolute atomic E-state index is 0.0770. The number of carbonyl (C=O) groups excluding carboxylic acids is 1. The highest BCUT2D eigenvalue weighted by atomic mass is 16.5. The summed E-state index contributed by atoms with van der Waals surface area (Å²) >= 11 is 0. The number of nitrogens with zero attached hydrogens (tertiary/aromatic N) is 1. The molecule has 2 N–H and O–H groups in total. The Hall–Kier alpha value is -3.72. The fourth-order valence-corrected chi connectivity index (χ4v) is 3.98. The maximum absolute atomic E-state index is 13.5. The van der Waals surface area contributed by atoms with Crippen molar-refractivity contribution in [3.63, 3.8) is 0 Å². The number of aliphatic imine (C=N–C) groups is 1. The summed E-state index contributed by atoms with van der Waals surface area (Å²) in [6.45, 7) is 6.39. The summed E-state index contributed by atoms with van der Waals surface area (Å²) < 4.78 is 27.8. The first-order chi connectivity index (χ1) is 17.4. The van der Waals surface area contributed by atoms with Gasteiger partial charge in [-0.2, -0.15) is 0 Å². The van der Waals surface area contributed by atoms with Crippen LogP contribution in [0.1, 0.15) is 30.9 Å². The van der Waals surface area contributed by atoms with Crippen LogP contribution in [0.2, 0.25) is 0 Å². The lowest BCUT2D eigenvalue weighted by Crippen LogP contribution is -2.50. The molecule has 9 nitrogen and oxygen atoms in total. The van der Waals surface area contributed by atoms with Crippen LogP contribution in [-0.2, 0) is 16.1 Å². The van der Waals surface area contributed by atoms with E-state index in [0.717, 1.165) is 11.1 Å². The number of nitrogens with one attached hydrogen (secondary N) is 1. The Kier molecular flexibility index (Phi) is 9.19. The molecular weight excluding hydrogens is 464 g/mol. The van der Waals surface area contributed by atoms with E-state index in [2.05, 4.69) is 11.9 Å². The Bertz CT molecular complexity index is 1060. The van der Waals surface area contributed by atoms with Gasteiger partial charge in [0.15, 0.2) is 17.0 Å². The molecule has 36 heavy (non-hydrogen) atoms. The quantitative estimate of drug-likeness (QED) is 0.322. The summed E-state index contributed by atoms with van der Waals surface area (Å²) in [7, 11) is 4.62. The second-order valence-electron chi connectivity index (χ2n) is 8.26. The van der Waals surface area contributed by atoms with E-state index in [9.17, 15) is 4.79 Å². The normalized spacial score (nSPS) is 18.6. The summed E-state index contributed by atoms with van der Waals surface area (Å²) in [5, 5.41) is 11.9. The number of carbonyl (C=O) groups is 1. The topological polar surface area (TPSA) is 108 Å². The molecule has 1 aliphatic heterocycles. The number of aliphatic hydroxyl groups excluding tert-OH is 1. The molecule has 0 radical (unpaired) electrons. The Morgan fingerprint density at radius 1 is 1.17 bits per heavy atom. The van der Waals surface area contributed by atoms with Crippen molar-refractivity contribution in [3.05, 3.63) is 60.2 Å². The molecular formula is C27H34N2O7. The zero-order valence-corrected chi connectivity index (χ0v) is 21.2. The predicted octanol–water partition coefficient (Wildman–Crippen LogP) is 3.27. The van der Waals surface area contributed by atoms with E-state index in [4.69, 9.17) is 33.8 Å². The van der Waals surface area contributed by atoms with Crippen LogP contribution >= 0.6 is 0 Å². The molecule has 0 unspecified atom stereocenters. The van der Waals surface area contributed by atoms with Crippen LogP contribution in [0, 0.1) is 0 Å². The number of aliphatic hydroxyl groups is 1. The van der Waals surface area contributed by atoms with E-state index in [-0.39, 0.29) is 19.1 Å². The summed E-state index contributed by atoms with van der Waals surface area (Å²) in [4.78, 5) is 18.2. The monoisotopic (exact) mass is 498 g/mol. The SMILES string of the molecule is C=CC[C@@]1(C(=O)NCc2cc(OC)c(OC)c(OC)c2)N=C(c2ccc(OCCCO)cc2)O[C@@H]1C. The van der Waals surface area contributed by atoms with E-state index < -0.39 is 11.6 Å². The first-order valence-corrected chi connectivity index (χ1v) is 11.7. The highest BCUT2D eigenvalue weighted by Crippen LogP contribution is 2.38. The van der Waals surface area contributed by atoms with Crippen LogP contribution in [0.15, 0.2) is 54.0 Å². The van der Waals surface area contributed by atoms with E-state index >= 15 is 0 Å². The van der Waals surface area contributed by atoms with Gasteiger partial charge in [0, 0.05) is 31.6 Å². The average molecular weight is 499 g/mol. The van der Waals surface area contributed by atoms with Crippen molar-refractivity contribution in [2.45, 2.75) is 38.0 Å². The van der Waals surface area contributed by atoms with Crippen LogP contribution in [0.3, 0.4) is 0 Å². The van der Waals surface area contributed by atoms with Gasteiger partial charge in [-0.15, -0.1) is 6.58 Å². The second-order valence-corrected chi connectivity index (χ2v) is 8.26.